The number of anilines is 1. The van der Waals surface area contributed by atoms with Crippen LogP contribution >= 0.6 is 35.4 Å². The molecule has 0 radical (unpaired) electrons. The smallest absolute Gasteiger partial charge is 0.166 e. The molecule has 6 aliphatic rings. The van der Waals surface area contributed by atoms with Crippen molar-refractivity contribution in [1.82, 2.24) is 15.5 Å². The van der Waals surface area contributed by atoms with Crippen molar-refractivity contribution >= 4 is 46.2 Å². The largest absolute Gasteiger partial charge is 0.368 e. The topological polar surface area (TPSA) is 30.5 Å². The first-order valence-corrected chi connectivity index (χ1v) is 15.6. The minimum atomic E-state index is 0.318. The van der Waals surface area contributed by atoms with Crippen molar-refractivity contribution in [2.24, 2.45) is 23.7 Å². The zero-order chi connectivity index (χ0) is 24.7. The molecule has 4 nitrogen and oxygen atoms in total. The van der Waals surface area contributed by atoms with E-state index in [1.807, 2.05) is 12.1 Å². The maximum atomic E-state index is 6.44. The van der Waals surface area contributed by atoms with Gasteiger partial charge in [-0.15, -0.1) is 0 Å². The minimum absolute atomic E-state index is 0.318. The molecule has 5 aliphatic carbocycles. The number of nitrogens with one attached hydrogen (secondary N) is 2. The average Bonchev–Trinajstić information content (AvgIpc) is 2.84. The lowest BCUT2D eigenvalue weighted by Crippen LogP contribution is -2.62. The highest BCUT2D eigenvalue weighted by atomic mass is 35.5. The van der Waals surface area contributed by atoms with Gasteiger partial charge in [-0.25, -0.2) is 0 Å². The molecule has 1 saturated heterocycles. The van der Waals surface area contributed by atoms with E-state index < -0.39 is 0 Å². The van der Waals surface area contributed by atoms with Crippen molar-refractivity contribution in [2.45, 2.75) is 82.2 Å². The van der Waals surface area contributed by atoms with Gasteiger partial charge in [-0.05, 0) is 125 Å². The first-order valence-electron chi connectivity index (χ1n) is 14.4. The summed E-state index contributed by atoms with van der Waals surface area (Å²) in [5, 5.41) is 9.87. The number of halogens is 2. The molecule has 5 saturated carbocycles. The van der Waals surface area contributed by atoms with Crippen molar-refractivity contribution in [3.8, 4) is 0 Å². The number of hydrogen-bond donors (Lipinski definition) is 2. The van der Waals surface area contributed by atoms with Gasteiger partial charge in [0.1, 0.15) is 0 Å². The lowest BCUT2D eigenvalue weighted by atomic mass is 9.53. The van der Waals surface area contributed by atoms with Gasteiger partial charge in [0.15, 0.2) is 5.11 Å². The molecule has 36 heavy (non-hydrogen) atoms. The van der Waals surface area contributed by atoms with Crippen LogP contribution < -0.4 is 15.5 Å². The Kier molecular flexibility index (Phi) is 7.65. The number of hydrogen-bond acceptors (Lipinski definition) is 3. The molecule has 0 aromatic heterocycles. The first kappa shape index (κ1) is 25.5. The van der Waals surface area contributed by atoms with E-state index in [0.717, 1.165) is 60.7 Å². The van der Waals surface area contributed by atoms with Crippen molar-refractivity contribution in [3.63, 3.8) is 0 Å². The van der Waals surface area contributed by atoms with E-state index in [0.29, 0.717) is 21.6 Å². The van der Waals surface area contributed by atoms with E-state index in [1.54, 1.807) is 0 Å². The zero-order valence-electron chi connectivity index (χ0n) is 21.5. The molecule has 7 heteroatoms. The minimum Gasteiger partial charge on any atom is -0.368 e. The molecule has 2 N–H and O–H groups in total. The molecule has 7 rings (SSSR count). The highest BCUT2D eigenvalue weighted by Gasteiger charge is 2.51. The molecule has 4 bridgehead atoms. The summed E-state index contributed by atoms with van der Waals surface area (Å²) in [4.78, 5) is 5.01. The summed E-state index contributed by atoms with van der Waals surface area (Å²) < 4.78 is 0. The van der Waals surface area contributed by atoms with Crippen LogP contribution in [0.1, 0.15) is 70.6 Å². The van der Waals surface area contributed by atoms with Crippen LogP contribution in [0, 0.1) is 23.7 Å². The Bertz CT molecular complexity index is 904. The molecule has 0 amide bonds. The van der Waals surface area contributed by atoms with Gasteiger partial charge in [0.05, 0.1) is 15.7 Å². The van der Waals surface area contributed by atoms with E-state index >= 15 is 0 Å². The van der Waals surface area contributed by atoms with Crippen LogP contribution in [-0.2, 0) is 0 Å². The number of nitrogens with zero attached hydrogens (tertiary/aromatic N) is 2. The van der Waals surface area contributed by atoms with Crippen LogP contribution in [0.3, 0.4) is 0 Å². The van der Waals surface area contributed by atoms with Crippen LogP contribution in [0.15, 0.2) is 18.2 Å². The van der Waals surface area contributed by atoms with Gasteiger partial charge < -0.3 is 15.5 Å². The number of benzene rings is 1. The molecule has 1 aliphatic heterocycles. The van der Waals surface area contributed by atoms with Gasteiger partial charge in [-0.2, -0.15) is 0 Å². The molecule has 6 fully saturated rings. The molecule has 0 atom stereocenters. The molecule has 0 spiro atoms. The predicted molar refractivity (Wildman–Crippen MR) is 155 cm³/mol. The Morgan fingerprint density at radius 3 is 2.19 bits per heavy atom. The quantitative estimate of drug-likeness (QED) is 0.396. The van der Waals surface area contributed by atoms with Crippen LogP contribution in [-0.4, -0.2) is 54.3 Å². The highest BCUT2D eigenvalue weighted by molar-refractivity contribution is 7.80. The average molecular weight is 550 g/mol. The monoisotopic (exact) mass is 548 g/mol. The normalized spacial score (nSPS) is 36.2. The Morgan fingerprint density at radius 1 is 0.917 bits per heavy atom. The first-order chi connectivity index (χ1) is 17.4. The molecular formula is C29H42Cl2N4S. The van der Waals surface area contributed by atoms with E-state index in [-0.39, 0.29) is 0 Å². The summed E-state index contributed by atoms with van der Waals surface area (Å²) in [6.07, 6.45) is 15.0. The van der Waals surface area contributed by atoms with Gasteiger partial charge in [0.25, 0.3) is 0 Å². The Hall–Kier alpha value is -0.750. The molecule has 198 valence electrons. The highest BCUT2D eigenvalue weighted by Crippen LogP contribution is 2.55. The maximum absolute atomic E-state index is 6.44. The second-order valence-electron chi connectivity index (χ2n) is 12.7. The van der Waals surface area contributed by atoms with Crippen molar-refractivity contribution in [1.29, 1.82) is 0 Å². The number of rotatable bonds is 6. The molecule has 1 aromatic rings. The van der Waals surface area contributed by atoms with Gasteiger partial charge in [0, 0.05) is 37.8 Å². The maximum Gasteiger partial charge on any atom is 0.166 e. The van der Waals surface area contributed by atoms with Gasteiger partial charge in [0.2, 0.25) is 0 Å². The molecule has 1 heterocycles. The van der Waals surface area contributed by atoms with Gasteiger partial charge >= 0.3 is 0 Å². The van der Waals surface area contributed by atoms with Gasteiger partial charge in [-0.3, -0.25) is 4.90 Å². The van der Waals surface area contributed by atoms with Crippen molar-refractivity contribution in [2.75, 3.05) is 37.6 Å². The SMILES string of the molecule is S=C(NC1CCC(CCN2CCN(c3cccc(Cl)c3Cl)CC2)CC1)NC12CC3CC(CC(C3)C1)C2. The van der Waals surface area contributed by atoms with E-state index in [9.17, 15) is 0 Å². The van der Waals surface area contributed by atoms with Crippen molar-refractivity contribution in [3.05, 3.63) is 28.2 Å². The fraction of sp³-hybridized carbons (Fsp3) is 0.759. The zero-order valence-corrected chi connectivity index (χ0v) is 23.8. The van der Waals surface area contributed by atoms with Crippen LogP contribution in [0.2, 0.25) is 10.0 Å². The summed E-state index contributed by atoms with van der Waals surface area (Å²) in [7, 11) is 0. The molecule has 0 unspecified atom stereocenters. The van der Waals surface area contributed by atoms with Gasteiger partial charge in [-0.1, -0.05) is 29.3 Å². The van der Waals surface area contributed by atoms with E-state index in [1.165, 1.54) is 77.2 Å². The summed E-state index contributed by atoms with van der Waals surface area (Å²) in [6.45, 7) is 5.45. The lowest BCUT2D eigenvalue weighted by Gasteiger charge is -2.57. The fourth-order valence-corrected chi connectivity index (χ4v) is 9.43. The molecule has 1 aromatic carbocycles. The Morgan fingerprint density at radius 2 is 1.56 bits per heavy atom. The summed E-state index contributed by atoms with van der Waals surface area (Å²) in [6, 6.07) is 6.50. The van der Waals surface area contributed by atoms with Crippen LogP contribution in [0.5, 0.6) is 0 Å². The van der Waals surface area contributed by atoms with E-state index in [4.69, 9.17) is 35.4 Å². The third-order valence-corrected chi connectivity index (χ3v) is 11.1. The third kappa shape index (κ3) is 5.65. The molecular weight excluding hydrogens is 507 g/mol. The standard InChI is InChI=1S/C29H42Cl2N4S/c30-25-2-1-3-26(27(25)31)35-12-10-34(11-13-35)9-8-20-4-6-24(7-5-20)32-28(36)33-29-17-21-14-22(18-29)16-23(15-21)19-29/h1-3,20-24H,4-19H2,(H2,32,33,36). The third-order valence-electron chi connectivity index (χ3n) is 10.1. The lowest BCUT2D eigenvalue weighted by molar-refractivity contribution is -0.0102. The Labute approximate surface area is 232 Å². The summed E-state index contributed by atoms with van der Waals surface area (Å²) in [5.74, 6) is 3.73. The van der Waals surface area contributed by atoms with Crippen LogP contribution in [0.4, 0.5) is 5.69 Å². The predicted octanol–water partition coefficient (Wildman–Crippen LogP) is 6.50. The second-order valence-corrected chi connectivity index (χ2v) is 13.9. The number of thiocarbonyl (C=S) groups is 1. The Balaban J connectivity index is 0.893. The van der Waals surface area contributed by atoms with Crippen LogP contribution in [0.25, 0.3) is 0 Å². The summed E-state index contributed by atoms with van der Waals surface area (Å²) >= 11 is 18.5. The van der Waals surface area contributed by atoms with Crippen molar-refractivity contribution < 1.29 is 0 Å². The number of piperazine rings is 1. The fourth-order valence-electron chi connectivity index (χ4n) is 8.64. The summed E-state index contributed by atoms with van der Waals surface area (Å²) in [5.41, 5.74) is 1.39. The second kappa shape index (κ2) is 10.8. The van der Waals surface area contributed by atoms with E-state index in [2.05, 4.69) is 26.5 Å².